The highest BCUT2D eigenvalue weighted by molar-refractivity contribution is 7.80. The van der Waals surface area contributed by atoms with Crippen LogP contribution in [0.1, 0.15) is 19.4 Å². The molecule has 5 aromatic rings. The van der Waals surface area contributed by atoms with E-state index in [1.165, 1.54) is 6.33 Å². The van der Waals surface area contributed by atoms with Crippen LogP contribution in [0.15, 0.2) is 61.4 Å². The molecule has 5 rings (SSSR count). The van der Waals surface area contributed by atoms with Crippen molar-refractivity contribution in [3.8, 4) is 11.6 Å². The van der Waals surface area contributed by atoms with E-state index >= 15 is 0 Å². The lowest BCUT2D eigenvalue weighted by molar-refractivity contribution is 0.458. The molecule has 0 saturated heterocycles. The van der Waals surface area contributed by atoms with E-state index < -0.39 is 5.66 Å². The summed E-state index contributed by atoms with van der Waals surface area (Å²) in [5.74, 6) is 1.78. The highest BCUT2D eigenvalue weighted by Gasteiger charge is 2.13. The molecular formula is C24H24N10OS. The molecule has 0 aliphatic carbocycles. The van der Waals surface area contributed by atoms with Gasteiger partial charge in [-0.2, -0.15) is 0 Å². The van der Waals surface area contributed by atoms with Crippen LogP contribution in [0.2, 0.25) is 0 Å². The molecule has 0 bridgehead atoms. The molecular weight excluding hydrogens is 476 g/mol. The first-order chi connectivity index (χ1) is 17.2. The van der Waals surface area contributed by atoms with Crippen LogP contribution in [0.5, 0.6) is 11.6 Å². The number of nitrogens with zero attached hydrogens (tertiary/aromatic N) is 6. The number of hydrogen-bond donors (Lipinski definition) is 4. The molecule has 0 fully saturated rings. The summed E-state index contributed by atoms with van der Waals surface area (Å²) < 4.78 is 7.68. The fourth-order valence-electron chi connectivity index (χ4n) is 3.55. The number of nitrogens with two attached hydrogens (primary N) is 1. The zero-order valence-corrected chi connectivity index (χ0v) is 20.7. The minimum Gasteiger partial charge on any atom is -0.439 e. The van der Waals surface area contributed by atoms with Crippen molar-refractivity contribution in [1.82, 2.24) is 34.9 Å². The Morgan fingerprint density at radius 2 is 1.86 bits per heavy atom. The van der Waals surface area contributed by atoms with Gasteiger partial charge >= 0.3 is 0 Å². The molecule has 0 aliphatic heterocycles. The van der Waals surface area contributed by atoms with Crippen LogP contribution in [0, 0.1) is 6.92 Å². The van der Waals surface area contributed by atoms with E-state index in [4.69, 9.17) is 22.7 Å². The summed E-state index contributed by atoms with van der Waals surface area (Å²) in [7, 11) is 0. The van der Waals surface area contributed by atoms with Gasteiger partial charge in [0, 0.05) is 22.8 Å². The van der Waals surface area contributed by atoms with Gasteiger partial charge in [0.1, 0.15) is 30.5 Å². The van der Waals surface area contributed by atoms with E-state index in [-0.39, 0.29) is 0 Å². The van der Waals surface area contributed by atoms with Gasteiger partial charge < -0.3 is 26.4 Å². The molecule has 0 atom stereocenters. The largest absolute Gasteiger partial charge is 0.439 e. The Morgan fingerprint density at radius 1 is 1.03 bits per heavy atom. The lowest BCUT2D eigenvalue weighted by atomic mass is 10.1. The monoisotopic (exact) mass is 500 g/mol. The van der Waals surface area contributed by atoms with Gasteiger partial charge in [-0.3, -0.25) is 4.40 Å². The van der Waals surface area contributed by atoms with Crippen molar-refractivity contribution >= 4 is 51.1 Å². The number of nitrogens with one attached hydrogen (secondary N) is 3. The van der Waals surface area contributed by atoms with Gasteiger partial charge in [-0.1, -0.05) is 0 Å². The summed E-state index contributed by atoms with van der Waals surface area (Å²) in [5.41, 5.74) is 9.36. The van der Waals surface area contributed by atoms with Crippen molar-refractivity contribution in [2.45, 2.75) is 26.4 Å². The van der Waals surface area contributed by atoms with Crippen LogP contribution in [-0.2, 0) is 0 Å². The van der Waals surface area contributed by atoms with E-state index in [2.05, 4.69) is 41.1 Å². The second-order valence-corrected chi connectivity index (χ2v) is 9.19. The average Bonchev–Trinajstić information content (AvgIpc) is 3.28. The van der Waals surface area contributed by atoms with Gasteiger partial charge in [0.15, 0.2) is 10.8 Å². The maximum Gasteiger partial charge on any atom is 0.224 e. The second kappa shape index (κ2) is 9.32. The molecule has 36 heavy (non-hydrogen) atoms. The minimum atomic E-state index is -0.635. The zero-order valence-electron chi connectivity index (χ0n) is 19.9. The third kappa shape index (κ3) is 5.29. The van der Waals surface area contributed by atoms with Crippen LogP contribution in [0.3, 0.4) is 0 Å². The SMILES string of the molecule is Cc1cc(Nc2ncnc3ccc(NC(=S)NC(C)(C)N)cc23)ccc1Oc1cc2nncn2cn1. The Hall–Kier alpha value is -4.42. The maximum absolute atomic E-state index is 5.99. The second-order valence-electron chi connectivity index (χ2n) is 8.79. The quantitative estimate of drug-likeness (QED) is 0.199. The first-order valence-corrected chi connectivity index (χ1v) is 11.5. The summed E-state index contributed by atoms with van der Waals surface area (Å²) in [6.07, 6.45) is 4.72. The molecule has 0 saturated carbocycles. The van der Waals surface area contributed by atoms with Gasteiger partial charge in [-0.05, 0) is 75.0 Å². The molecule has 3 heterocycles. The summed E-state index contributed by atoms with van der Waals surface area (Å²) in [4.78, 5) is 13.1. The van der Waals surface area contributed by atoms with E-state index in [9.17, 15) is 0 Å². The summed E-state index contributed by atoms with van der Waals surface area (Å²) in [5, 5.41) is 18.7. The van der Waals surface area contributed by atoms with Crippen molar-refractivity contribution < 1.29 is 4.74 Å². The van der Waals surface area contributed by atoms with Gasteiger partial charge in [-0.25, -0.2) is 15.0 Å². The van der Waals surface area contributed by atoms with Gasteiger partial charge in [-0.15, -0.1) is 10.2 Å². The Balaban J connectivity index is 1.36. The number of rotatable bonds is 6. The molecule has 0 amide bonds. The fourth-order valence-corrected chi connectivity index (χ4v) is 3.93. The van der Waals surface area contributed by atoms with Crippen molar-refractivity contribution in [3.63, 3.8) is 0 Å². The molecule has 182 valence electrons. The van der Waals surface area contributed by atoms with Crippen LogP contribution in [-0.4, -0.2) is 40.3 Å². The van der Waals surface area contributed by atoms with Gasteiger partial charge in [0.05, 0.1) is 11.2 Å². The molecule has 0 radical (unpaired) electrons. The number of aryl methyl sites for hydroxylation is 1. The van der Waals surface area contributed by atoms with E-state index in [0.717, 1.165) is 27.8 Å². The van der Waals surface area contributed by atoms with Gasteiger partial charge in [0.25, 0.3) is 0 Å². The van der Waals surface area contributed by atoms with Crippen molar-refractivity contribution in [3.05, 3.63) is 67.0 Å². The lowest BCUT2D eigenvalue weighted by Crippen LogP contribution is -2.52. The first-order valence-electron chi connectivity index (χ1n) is 11.1. The van der Waals surface area contributed by atoms with Crippen LogP contribution in [0.4, 0.5) is 17.2 Å². The first kappa shape index (κ1) is 23.3. The Bertz CT molecular complexity index is 1580. The van der Waals surface area contributed by atoms with E-state index in [1.54, 1.807) is 23.1 Å². The lowest BCUT2D eigenvalue weighted by Gasteiger charge is -2.23. The van der Waals surface area contributed by atoms with Crippen molar-refractivity contribution in [2.24, 2.45) is 5.73 Å². The summed E-state index contributed by atoms with van der Waals surface area (Å²) in [6.45, 7) is 5.63. The smallest absolute Gasteiger partial charge is 0.224 e. The molecule has 11 nitrogen and oxygen atoms in total. The third-order valence-corrected chi connectivity index (χ3v) is 5.35. The Labute approximate surface area is 212 Å². The summed E-state index contributed by atoms with van der Waals surface area (Å²) >= 11 is 5.36. The number of hydrogen-bond acceptors (Lipinski definition) is 9. The van der Waals surface area contributed by atoms with Crippen LogP contribution < -0.4 is 26.4 Å². The predicted molar refractivity (Wildman–Crippen MR) is 142 cm³/mol. The molecule has 0 unspecified atom stereocenters. The standard InChI is InChI=1S/C24H24N10OS/c1-14-8-15(5-7-19(14)35-21-10-20-33-29-13-34(20)12-28-21)30-22-17-9-16(4-6-18(17)26-11-27-22)31-23(36)32-24(2,3)25/h4-13H,25H2,1-3H3,(H,26,27,30)(H2,31,32,36). The minimum absolute atomic E-state index is 0.428. The van der Waals surface area contributed by atoms with E-state index in [0.29, 0.717) is 28.2 Å². The highest BCUT2D eigenvalue weighted by Crippen LogP contribution is 2.30. The number of fused-ring (bicyclic) bond motifs is 2. The van der Waals surface area contributed by atoms with Crippen molar-refractivity contribution in [2.75, 3.05) is 10.6 Å². The molecule has 3 aromatic heterocycles. The number of thiocarbonyl (C=S) groups is 1. The molecule has 2 aromatic carbocycles. The summed E-state index contributed by atoms with van der Waals surface area (Å²) in [6, 6.07) is 13.2. The number of aromatic nitrogens is 6. The van der Waals surface area contributed by atoms with E-state index in [1.807, 2.05) is 57.2 Å². The van der Waals surface area contributed by atoms with Gasteiger partial charge in [0.2, 0.25) is 5.88 Å². The highest BCUT2D eigenvalue weighted by atomic mass is 32.1. The third-order valence-electron chi connectivity index (χ3n) is 5.14. The normalized spacial score (nSPS) is 11.4. The Morgan fingerprint density at radius 3 is 2.67 bits per heavy atom. The molecule has 12 heteroatoms. The molecule has 5 N–H and O–H groups in total. The van der Waals surface area contributed by atoms with Crippen LogP contribution in [0.25, 0.3) is 16.6 Å². The maximum atomic E-state index is 5.99. The number of benzene rings is 2. The Kier molecular flexibility index (Phi) is 6.04. The molecule has 0 spiro atoms. The number of ether oxygens (including phenoxy) is 1. The average molecular weight is 501 g/mol. The fraction of sp³-hybridized carbons (Fsp3) is 0.167. The number of anilines is 3. The topological polar surface area (TPSA) is 140 Å². The van der Waals surface area contributed by atoms with Crippen molar-refractivity contribution in [1.29, 1.82) is 0 Å². The molecule has 0 aliphatic rings. The predicted octanol–water partition coefficient (Wildman–Crippen LogP) is 3.89. The van der Waals surface area contributed by atoms with Crippen LogP contribution >= 0.6 is 12.2 Å². The zero-order chi connectivity index (χ0) is 25.3.